The van der Waals surface area contributed by atoms with Gasteiger partial charge in [0.1, 0.15) is 0 Å². The number of rotatable bonds is 4. The van der Waals surface area contributed by atoms with Gasteiger partial charge in [-0.3, -0.25) is 9.59 Å². The number of likely N-dealkylation sites (tertiary alicyclic amines) is 1. The Labute approximate surface area is 160 Å². The van der Waals surface area contributed by atoms with Gasteiger partial charge in [-0.05, 0) is 55.6 Å². The van der Waals surface area contributed by atoms with E-state index in [0.717, 1.165) is 62.0 Å². The number of hydrogen-bond donors (Lipinski definition) is 0. The maximum Gasteiger partial charge on any atom is 0.267 e. The molecule has 0 saturated carbocycles. The molecule has 1 amide bonds. The highest BCUT2D eigenvalue weighted by molar-refractivity contribution is 5.78. The number of benzene rings is 1. The molecule has 1 aliphatic carbocycles. The minimum atomic E-state index is 0.0261. The van der Waals surface area contributed by atoms with Crippen LogP contribution in [0.15, 0.2) is 41.2 Å². The second-order valence-corrected chi connectivity index (χ2v) is 7.83. The van der Waals surface area contributed by atoms with E-state index in [9.17, 15) is 9.59 Å². The number of amides is 1. The van der Waals surface area contributed by atoms with Crippen molar-refractivity contribution in [1.82, 2.24) is 14.7 Å². The molecule has 4 rings (SSSR count). The summed E-state index contributed by atoms with van der Waals surface area (Å²) in [6.07, 6.45) is 6.64. The fourth-order valence-electron chi connectivity index (χ4n) is 4.22. The molecular formula is C22H27N3O2. The van der Waals surface area contributed by atoms with Crippen LogP contribution in [0.1, 0.15) is 42.5 Å². The Bertz CT molecular complexity index is 852. The van der Waals surface area contributed by atoms with Crippen molar-refractivity contribution < 1.29 is 4.79 Å². The van der Waals surface area contributed by atoms with Gasteiger partial charge in [0.05, 0.1) is 12.1 Å². The van der Waals surface area contributed by atoms with Crippen LogP contribution < -0.4 is 5.56 Å². The highest BCUT2D eigenvalue weighted by Gasteiger charge is 2.24. The van der Waals surface area contributed by atoms with Crippen molar-refractivity contribution in [2.45, 2.75) is 51.5 Å². The lowest BCUT2D eigenvalue weighted by Crippen LogP contribution is -2.41. The molecular weight excluding hydrogens is 338 g/mol. The molecule has 5 nitrogen and oxygen atoms in total. The minimum Gasteiger partial charge on any atom is -0.342 e. The summed E-state index contributed by atoms with van der Waals surface area (Å²) in [6, 6.07) is 11.7. The van der Waals surface area contributed by atoms with E-state index in [1.54, 1.807) is 10.7 Å². The van der Waals surface area contributed by atoms with Crippen molar-refractivity contribution >= 4 is 5.91 Å². The highest BCUT2D eigenvalue weighted by atomic mass is 16.2. The van der Waals surface area contributed by atoms with Crippen molar-refractivity contribution in [1.29, 1.82) is 0 Å². The van der Waals surface area contributed by atoms with Gasteiger partial charge < -0.3 is 4.90 Å². The molecule has 1 aliphatic heterocycles. The predicted molar refractivity (Wildman–Crippen MR) is 105 cm³/mol. The van der Waals surface area contributed by atoms with Gasteiger partial charge in [0.2, 0.25) is 5.91 Å². The molecule has 1 aromatic heterocycles. The van der Waals surface area contributed by atoms with E-state index in [0.29, 0.717) is 18.9 Å². The third-order valence-electron chi connectivity index (χ3n) is 5.87. The van der Waals surface area contributed by atoms with Gasteiger partial charge in [-0.2, -0.15) is 5.10 Å². The molecule has 0 radical (unpaired) electrons. The predicted octanol–water partition coefficient (Wildman–Crippen LogP) is 2.60. The maximum absolute atomic E-state index is 12.5. The van der Waals surface area contributed by atoms with Crippen LogP contribution >= 0.6 is 0 Å². The van der Waals surface area contributed by atoms with E-state index in [4.69, 9.17) is 0 Å². The van der Waals surface area contributed by atoms with Crippen molar-refractivity contribution in [2.24, 2.45) is 5.92 Å². The summed E-state index contributed by atoms with van der Waals surface area (Å²) >= 11 is 0. The van der Waals surface area contributed by atoms with Crippen molar-refractivity contribution in [3.8, 4) is 0 Å². The molecule has 2 heterocycles. The quantitative estimate of drug-likeness (QED) is 0.837. The molecule has 2 aliphatic rings. The Kier molecular flexibility index (Phi) is 5.37. The SMILES string of the molecule is O=C(Cc1ccccc1)N1CCC(Cn2nc3c(cc2=O)CCCC3)CC1. The number of fused-ring (bicyclic) bond motifs is 1. The Morgan fingerprint density at radius 3 is 2.59 bits per heavy atom. The lowest BCUT2D eigenvalue weighted by atomic mass is 9.95. The van der Waals surface area contributed by atoms with Crippen LogP contribution in [-0.4, -0.2) is 33.7 Å². The van der Waals surface area contributed by atoms with Gasteiger partial charge in [0.15, 0.2) is 0 Å². The Morgan fingerprint density at radius 1 is 1.07 bits per heavy atom. The summed E-state index contributed by atoms with van der Waals surface area (Å²) in [7, 11) is 0. The van der Waals surface area contributed by atoms with E-state index in [2.05, 4.69) is 5.10 Å². The average Bonchev–Trinajstić information content (AvgIpc) is 2.70. The second-order valence-electron chi connectivity index (χ2n) is 7.83. The van der Waals surface area contributed by atoms with E-state index in [-0.39, 0.29) is 11.5 Å². The van der Waals surface area contributed by atoms with E-state index in [1.807, 2.05) is 35.2 Å². The van der Waals surface area contributed by atoms with Crippen LogP contribution in [0.5, 0.6) is 0 Å². The first kappa shape index (κ1) is 18.0. The molecule has 1 aromatic carbocycles. The number of hydrogen-bond acceptors (Lipinski definition) is 3. The standard InChI is InChI=1S/C22H27N3O2/c26-21(14-17-6-2-1-3-7-17)24-12-10-18(11-13-24)16-25-22(27)15-19-8-4-5-9-20(19)23-25/h1-3,6-7,15,18H,4-5,8-14,16H2. The van der Waals surface area contributed by atoms with Crippen LogP contribution in [0.2, 0.25) is 0 Å². The smallest absolute Gasteiger partial charge is 0.267 e. The highest BCUT2D eigenvalue weighted by Crippen LogP contribution is 2.21. The van der Waals surface area contributed by atoms with Crippen LogP contribution in [-0.2, 0) is 30.6 Å². The Morgan fingerprint density at radius 2 is 1.81 bits per heavy atom. The summed E-state index contributed by atoms with van der Waals surface area (Å²) in [5, 5.41) is 4.64. The zero-order valence-corrected chi connectivity index (χ0v) is 15.8. The van der Waals surface area contributed by atoms with Gasteiger partial charge in [-0.25, -0.2) is 4.68 Å². The van der Waals surface area contributed by atoms with E-state index >= 15 is 0 Å². The van der Waals surface area contributed by atoms with Crippen molar-refractivity contribution in [3.63, 3.8) is 0 Å². The Balaban J connectivity index is 1.33. The lowest BCUT2D eigenvalue weighted by molar-refractivity contribution is -0.131. The molecule has 1 saturated heterocycles. The summed E-state index contributed by atoms with van der Waals surface area (Å²) in [6.45, 7) is 2.22. The molecule has 1 fully saturated rings. The number of nitrogens with zero attached hydrogens (tertiary/aromatic N) is 3. The molecule has 0 spiro atoms. The number of piperidine rings is 1. The minimum absolute atomic E-state index is 0.0261. The summed E-state index contributed by atoms with van der Waals surface area (Å²) in [5.74, 6) is 0.612. The van der Waals surface area contributed by atoms with E-state index < -0.39 is 0 Å². The van der Waals surface area contributed by atoms with Crippen molar-refractivity contribution in [3.05, 3.63) is 63.6 Å². The molecule has 27 heavy (non-hydrogen) atoms. The topological polar surface area (TPSA) is 55.2 Å². The molecule has 0 bridgehead atoms. The largest absolute Gasteiger partial charge is 0.342 e. The van der Waals surface area contributed by atoms with Gasteiger partial charge in [-0.15, -0.1) is 0 Å². The van der Waals surface area contributed by atoms with Crippen LogP contribution in [0.3, 0.4) is 0 Å². The lowest BCUT2D eigenvalue weighted by Gasteiger charge is -2.32. The van der Waals surface area contributed by atoms with Crippen LogP contribution in [0.4, 0.5) is 0 Å². The second kappa shape index (κ2) is 8.07. The first-order chi connectivity index (χ1) is 13.2. The summed E-state index contributed by atoms with van der Waals surface area (Å²) in [5.41, 5.74) is 3.34. The fourth-order valence-corrected chi connectivity index (χ4v) is 4.22. The molecule has 142 valence electrons. The van der Waals surface area contributed by atoms with Crippen LogP contribution in [0, 0.1) is 5.92 Å². The zero-order chi connectivity index (χ0) is 18.6. The monoisotopic (exact) mass is 365 g/mol. The first-order valence-corrected chi connectivity index (χ1v) is 10.1. The summed E-state index contributed by atoms with van der Waals surface area (Å²) < 4.78 is 1.66. The maximum atomic E-state index is 12.5. The third-order valence-corrected chi connectivity index (χ3v) is 5.87. The number of carbonyl (C=O) groups excluding carboxylic acids is 1. The van der Waals surface area contributed by atoms with Crippen LogP contribution in [0.25, 0.3) is 0 Å². The van der Waals surface area contributed by atoms with Gasteiger partial charge in [0.25, 0.3) is 5.56 Å². The van der Waals surface area contributed by atoms with Gasteiger partial charge in [0, 0.05) is 25.7 Å². The first-order valence-electron chi connectivity index (χ1n) is 10.1. The van der Waals surface area contributed by atoms with Gasteiger partial charge in [-0.1, -0.05) is 30.3 Å². The molecule has 0 N–H and O–H groups in total. The number of aryl methyl sites for hydroxylation is 2. The number of aromatic nitrogens is 2. The number of carbonyl (C=O) groups is 1. The average molecular weight is 365 g/mol. The van der Waals surface area contributed by atoms with Gasteiger partial charge >= 0.3 is 0 Å². The molecule has 0 unspecified atom stereocenters. The normalized spacial score (nSPS) is 17.6. The molecule has 5 heteroatoms. The molecule has 2 aromatic rings. The summed E-state index contributed by atoms with van der Waals surface area (Å²) in [4.78, 5) is 26.8. The van der Waals surface area contributed by atoms with E-state index in [1.165, 1.54) is 6.42 Å². The fraction of sp³-hybridized carbons (Fsp3) is 0.500. The third kappa shape index (κ3) is 4.29. The molecule has 0 atom stereocenters. The zero-order valence-electron chi connectivity index (χ0n) is 15.8. The Hall–Kier alpha value is -2.43. The van der Waals surface area contributed by atoms with Crippen molar-refractivity contribution in [2.75, 3.05) is 13.1 Å².